The first-order chi connectivity index (χ1) is 22.5. The van der Waals surface area contributed by atoms with Crippen molar-refractivity contribution in [3.05, 3.63) is 65.9 Å². The number of carbonyl (C=O) groups excluding carboxylic acids is 2. The van der Waals surface area contributed by atoms with Gasteiger partial charge in [0.25, 0.3) is 0 Å². The lowest BCUT2D eigenvalue weighted by Crippen LogP contribution is -2.57. The highest BCUT2D eigenvalue weighted by atomic mass is 16.6. The molecule has 2 aromatic carbocycles. The molecule has 3 aromatic rings. The number of carboxylic acids is 1. The van der Waals surface area contributed by atoms with Crippen LogP contribution in [-0.2, 0) is 20.7 Å². The molecule has 3 heterocycles. The van der Waals surface area contributed by atoms with E-state index < -0.39 is 47.5 Å². The number of aromatic nitrogens is 2. The number of ether oxygens (including phenoxy) is 3. The number of benzene rings is 2. The molecule has 248 valence electrons. The molecule has 0 radical (unpaired) electrons. The maximum atomic E-state index is 14.4. The van der Waals surface area contributed by atoms with E-state index in [1.165, 1.54) is 4.90 Å². The van der Waals surface area contributed by atoms with E-state index in [0.717, 1.165) is 31.2 Å². The average Bonchev–Trinajstić information content (AvgIpc) is 3.67. The molecular formula is C36H42N4O7. The molecule has 47 heavy (non-hydrogen) atoms. The van der Waals surface area contributed by atoms with Crippen molar-refractivity contribution < 1.29 is 33.7 Å². The summed E-state index contributed by atoms with van der Waals surface area (Å²) in [5, 5.41) is 13.4. The van der Waals surface area contributed by atoms with Gasteiger partial charge in [-0.2, -0.15) is 0 Å². The van der Waals surface area contributed by atoms with Gasteiger partial charge in [-0.1, -0.05) is 57.2 Å². The summed E-state index contributed by atoms with van der Waals surface area (Å²) in [4.78, 5) is 51.5. The van der Waals surface area contributed by atoms with Crippen LogP contribution in [0.15, 0.2) is 54.6 Å². The number of carbonyl (C=O) groups is 3. The van der Waals surface area contributed by atoms with E-state index in [2.05, 4.69) is 5.32 Å². The molecule has 2 N–H and O–H groups in total. The van der Waals surface area contributed by atoms with Crippen LogP contribution >= 0.6 is 0 Å². The van der Waals surface area contributed by atoms with Gasteiger partial charge in [-0.3, -0.25) is 4.79 Å². The van der Waals surface area contributed by atoms with Crippen molar-refractivity contribution in [3.8, 4) is 11.6 Å². The van der Waals surface area contributed by atoms with E-state index in [1.807, 2.05) is 75.4 Å². The van der Waals surface area contributed by atoms with Crippen LogP contribution in [-0.4, -0.2) is 75.9 Å². The van der Waals surface area contributed by atoms with Gasteiger partial charge in [0.2, 0.25) is 11.8 Å². The Morgan fingerprint density at radius 1 is 1.06 bits per heavy atom. The quantitative estimate of drug-likeness (QED) is 0.390. The van der Waals surface area contributed by atoms with E-state index in [-0.39, 0.29) is 24.4 Å². The van der Waals surface area contributed by atoms with Gasteiger partial charge in [0, 0.05) is 12.0 Å². The number of nitrogens with zero attached hydrogens (tertiary/aromatic N) is 3. The van der Waals surface area contributed by atoms with E-state index in [0.29, 0.717) is 28.9 Å². The minimum absolute atomic E-state index is 0.0255. The number of alkyl carbamates (subject to hydrolysis) is 1. The van der Waals surface area contributed by atoms with Gasteiger partial charge in [0.1, 0.15) is 35.7 Å². The van der Waals surface area contributed by atoms with Gasteiger partial charge in [0.05, 0.1) is 24.7 Å². The standard InChI is InChI=1S/C36H42N4O7/c1-36(2,3)31-33(41)40-20-29(24(30(40)34(42)43)17-21-11-7-5-8-12-21)46-32-26(37-25-16-15-23(45-4)19-27(25)38-32)14-10-6-9-13-22-18-28(22)47-35(44)39-31/h5,7-8,10-12,14-16,19,22,24,28-31H,6,9,13,17-18,20H2,1-4H3,(H,39,44)(H,42,43)/t22-,24-,28-,29+,30+,31-/m1/s1. The number of nitrogens with one attached hydrogen (secondary N) is 1. The summed E-state index contributed by atoms with van der Waals surface area (Å²) in [5.41, 5.74) is 1.92. The number of fused-ring (bicyclic) bond motifs is 5. The molecule has 1 saturated carbocycles. The smallest absolute Gasteiger partial charge is 0.408 e. The fourth-order valence-corrected chi connectivity index (χ4v) is 6.64. The maximum absolute atomic E-state index is 14.4. The van der Waals surface area contributed by atoms with Gasteiger partial charge in [-0.25, -0.2) is 19.6 Å². The zero-order valence-corrected chi connectivity index (χ0v) is 27.2. The third-order valence-corrected chi connectivity index (χ3v) is 9.29. The van der Waals surface area contributed by atoms with Crippen molar-refractivity contribution in [3.63, 3.8) is 0 Å². The van der Waals surface area contributed by atoms with Crippen molar-refractivity contribution in [1.29, 1.82) is 0 Å². The second kappa shape index (κ2) is 13.2. The minimum Gasteiger partial charge on any atom is -0.497 e. The Hall–Kier alpha value is -4.67. The van der Waals surface area contributed by atoms with Crippen LogP contribution < -0.4 is 14.8 Å². The van der Waals surface area contributed by atoms with Gasteiger partial charge in [-0.05, 0) is 67.2 Å². The van der Waals surface area contributed by atoms with Crippen molar-refractivity contribution in [2.45, 2.75) is 77.2 Å². The summed E-state index contributed by atoms with van der Waals surface area (Å²) in [6, 6.07) is 12.7. The van der Waals surface area contributed by atoms with Crippen LogP contribution in [0.3, 0.4) is 0 Å². The lowest BCUT2D eigenvalue weighted by molar-refractivity contribution is -0.151. The summed E-state index contributed by atoms with van der Waals surface area (Å²) in [5.74, 6) is -1.16. The third kappa shape index (κ3) is 7.18. The van der Waals surface area contributed by atoms with Crippen molar-refractivity contribution in [1.82, 2.24) is 20.2 Å². The van der Waals surface area contributed by atoms with Crippen LogP contribution in [0.1, 0.15) is 57.7 Å². The highest BCUT2D eigenvalue weighted by molar-refractivity contribution is 5.91. The van der Waals surface area contributed by atoms with Crippen molar-refractivity contribution in [2.24, 2.45) is 17.3 Å². The Morgan fingerprint density at radius 3 is 2.57 bits per heavy atom. The molecule has 3 aliphatic rings. The Balaban J connectivity index is 1.44. The minimum atomic E-state index is -1.22. The number of rotatable bonds is 4. The zero-order chi connectivity index (χ0) is 33.3. The maximum Gasteiger partial charge on any atom is 0.408 e. The molecule has 2 aliphatic heterocycles. The first kappa shape index (κ1) is 32.3. The second-order valence-corrected chi connectivity index (χ2v) is 13.8. The Morgan fingerprint density at radius 2 is 1.85 bits per heavy atom. The van der Waals surface area contributed by atoms with E-state index in [4.69, 9.17) is 24.2 Å². The van der Waals surface area contributed by atoms with Crippen molar-refractivity contribution >= 4 is 35.1 Å². The normalized spacial score (nSPS) is 26.6. The SMILES string of the molecule is COc1ccc2nc3c(nc2c1)O[C@H]1CN(C(=O)[C@H](C(C)(C)C)NC(=O)O[C@@H]2C[C@H]2CCCC=C3)[C@H](C(=O)O)[C@@H]1Cc1ccccc1. The van der Waals surface area contributed by atoms with Crippen LogP contribution in [0.4, 0.5) is 4.79 Å². The number of hydrogen-bond donors (Lipinski definition) is 2. The van der Waals surface area contributed by atoms with Crippen LogP contribution in [0.2, 0.25) is 0 Å². The molecule has 1 aliphatic carbocycles. The van der Waals surface area contributed by atoms with Gasteiger partial charge >= 0.3 is 12.1 Å². The predicted octanol–water partition coefficient (Wildman–Crippen LogP) is 5.27. The monoisotopic (exact) mass is 642 g/mol. The van der Waals surface area contributed by atoms with Gasteiger partial charge < -0.3 is 29.5 Å². The fourth-order valence-electron chi connectivity index (χ4n) is 6.64. The highest BCUT2D eigenvalue weighted by Gasteiger charge is 2.52. The summed E-state index contributed by atoms with van der Waals surface area (Å²) < 4.78 is 17.8. The molecule has 11 nitrogen and oxygen atoms in total. The lowest BCUT2D eigenvalue weighted by Gasteiger charge is -2.35. The summed E-state index contributed by atoms with van der Waals surface area (Å²) >= 11 is 0. The zero-order valence-electron chi connectivity index (χ0n) is 27.2. The van der Waals surface area contributed by atoms with Gasteiger partial charge in [0.15, 0.2) is 0 Å². The molecule has 6 atom stereocenters. The van der Waals surface area contributed by atoms with E-state index >= 15 is 0 Å². The molecule has 0 unspecified atom stereocenters. The Labute approximate surface area is 274 Å². The Kier molecular flexibility index (Phi) is 9.07. The largest absolute Gasteiger partial charge is 0.497 e. The highest BCUT2D eigenvalue weighted by Crippen LogP contribution is 2.39. The predicted molar refractivity (Wildman–Crippen MR) is 175 cm³/mol. The lowest BCUT2D eigenvalue weighted by atomic mass is 9.85. The third-order valence-electron chi connectivity index (χ3n) is 9.29. The van der Waals surface area contributed by atoms with Crippen LogP contribution in [0.25, 0.3) is 17.1 Å². The molecular weight excluding hydrogens is 600 g/mol. The van der Waals surface area contributed by atoms with Crippen molar-refractivity contribution in [2.75, 3.05) is 13.7 Å². The average molecular weight is 643 g/mol. The number of carboxylic acid groups (broad SMARTS) is 1. The summed E-state index contributed by atoms with van der Waals surface area (Å²) in [6.07, 6.45) is 6.00. The van der Waals surface area contributed by atoms with Gasteiger partial charge in [-0.15, -0.1) is 0 Å². The number of aliphatic carboxylic acids is 1. The van der Waals surface area contributed by atoms with E-state index in [1.54, 1.807) is 13.2 Å². The molecule has 2 bridgehead atoms. The first-order valence-corrected chi connectivity index (χ1v) is 16.2. The molecule has 1 saturated heterocycles. The molecule has 1 aromatic heterocycles. The number of methoxy groups -OCH3 is 1. The Bertz CT molecular complexity index is 1670. The van der Waals surface area contributed by atoms with E-state index in [9.17, 15) is 19.5 Å². The molecule has 2 fully saturated rings. The molecule has 2 amide bonds. The van der Waals surface area contributed by atoms with Crippen LogP contribution in [0.5, 0.6) is 11.6 Å². The number of amides is 2. The second-order valence-electron chi connectivity index (χ2n) is 13.8. The topological polar surface area (TPSA) is 140 Å². The molecule has 0 spiro atoms. The summed E-state index contributed by atoms with van der Waals surface area (Å²) in [7, 11) is 1.58. The van der Waals surface area contributed by atoms with Crippen LogP contribution in [0, 0.1) is 17.3 Å². The summed E-state index contributed by atoms with van der Waals surface area (Å²) in [6.45, 7) is 5.48. The molecule has 6 rings (SSSR count). The number of hydrogen-bond acceptors (Lipinski definition) is 8. The first-order valence-electron chi connectivity index (χ1n) is 16.2. The number of allylic oxidation sites excluding steroid dienone is 1. The fraction of sp³-hybridized carbons (Fsp3) is 0.472. The molecule has 11 heteroatoms.